The van der Waals surface area contributed by atoms with Gasteiger partial charge >= 0.3 is 5.97 Å². The average Bonchev–Trinajstić information content (AvgIpc) is 3.03. The molecule has 3 rings (SSSR count). The number of aryl methyl sites for hydroxylation is 1. The molecule has 0 saturated heterocycles. The number of aromatic carboxylic acids is 1. The second kappa shape index (κ2) is 4.68. The number of hydrogen-bond acceptors (Lipinski definition) is 4. The normalized spacial score (nSPS) is 15.1. The monoisotopic (exact) mass is 307 g/mol. The molecule has 2 aromatic rings. The lowest BCUT2D eigenvalue weighted by molar-refractivity contribution is 0.0696. The van der Waals surface area contributed by atoms with E-state index in [0.717, 1.165) is 11.1 Å². The Morgan fingerprint density at radius 1 is 1.29 bits per heavy atom. The molecule has 0 amide bonds. The highest BCUT2D eigenvalue weighted by molar-refractivity contribution is 7.89. The summed E-state index contributed by atoms with van der Waals surface area (Å²) in [6.45, 7) is 0.392. The van der Waals surface area contributed by atoms with Gasteiger partial charge in [0.25, 0.3) is 10.0 Å². The van der Waals surface area contributed by atoms with Crippen LogP contribution in [0.4, 0.5) is 0 Å². The fourth-order valence-electron chi connectivity index (χ4n) is 2.32. The summed E-state index contributed by atoms with van der Waals surface area (Å²) in [6.07, 6.45) is 2.87. The van der Waals surface area contributed by atoms with Crippen LogP contribution in [0.25, 0.3) is 0 Å². The molecule has 1 aromatic heterocycles. The number of benzene rings is 1. The quantitative estimate of drug-likeness (QED) is 0.906. The highest BCUT2D eigenvalue weighted by atomic mass is 32.2. The van der Waals surface area contributed by atoms with E-state index in [2.05, 4.69) is 4.98 Å². The molecule has 1 aliphatic rings. The minimum absolute atomic E-state index is 0.00346. The molecular formula is C13H13N3O4S. The first-order chi connectivity index (χ1) is 9.88. The van der Waals surface area contributed by atoms with Crippen LogP contribution in [0.15, 0.2) is 35.7 Å². The molecule has 1 N–H and O–H groups in total. The van der Waals surface area contributed by atoms with Gasteiger partial charge in [-0.05, 0) is 23.3 Å². The molecule has 0 bridgehead atoms. The molecule has 0 radical (unpaired) electrons. The van der Waals surface area contributed by atoms with Crippen LogP contribution in [-0.2, 0) is 30.2 Å². The van der Waals surface area contributed by atoms with Crippen LogP contribution in [0.1, 0.15) is 21.5 Å². The maximum atomic E-state index is 12.5. The van der Waals surface area contributed by atoms with Crippen LogP contribution in [0.5, 0.6) is 0 Å². The zero-order valence-corrected chi connectivity index (χ0v) is 12.0. The molecule has 0 atom stereocenters. The number of carboxylic acids is 1. The fraction of sp³-hybridized carbons (Fsp3) is 0.231. The summed E-state index contributed by atoms with van der Waals surface area (Å²) in [5.41, 5.74) is 1.69. The van der Waals surface area contributed by atoms with Crippen LogP contribution in [0, 0.1) is 0 Å². The molecular weight excluding hydrogens is 294 g/mol. The molecule has 110 valence electrons. The Morgan fingerprint density at radius 3 is 2.62 bits per heavy atom. The van der Waals surface area contributed by atoms with Crippen molar-refractivity contribution in [1.29, 1.82) is 0 Å². The van der Waals surface area contributed by atoms with Gasteiger partial charge in [-0.2, -0.15) is 4.31 Å². The van der Waals surface area contributed by atoms with Crippen molar-refractivity contribution in [2.75, 3.05) is 0 Å². The van der Waals surface area contributed by atoms with Crippen LogP contribution in [0.3, 0.4) is 0 Å². The number of aromatic nitrogens is 2. The maximum absolute atomic E-state index is 12.5. The Morgan fingerprint density at radius 2 is 2.00 bits per heavy atom. The molecule has 2 heterocycles. The summed E-state index contributed by atoms with van der Waals surface area (Å²) in [5, 5.41) is 8.97. The van der Waals surface area contributed by atoms with Gasteiger partial charge < -0.3 is 9.67 Å². The number of fused-ring (bicyclic) bond motifs is 1. The number of carbonyl (C=O) groups is 1. The summed E-state index contributed by atoms with van der Waals surface area (Å²) < 4.78 is 27.8. The first-order valence-electron chi connectivity index (χ1n) is 6.21. The number of hydrogen-bond donors (Lipinski definition) is 1. The van der Waals surface area contributed by atoms with E-state index < -0.39 is 16.0 Å². The first-order valence-corrected chi connectivity index (χ1v) is 7.65. The molecule has 1 aromatic carbocycles. The van der Waals surface area contributed by atoms with Gasteiger partial charge in [0.15, 0.2) is 5.03 Å². The number of nitrogens with zero attached hydrogens (tertiary/aromatic N) is 3. The fourth-order valence-corrected chi connectivity index (χ4v) is 3.68. The summed E-state index contributed by atoms with van der Waals surface area (Å²) in [7, 11) is -1.97. The number of carboxylic acid groups (broad SMARTS) is 1. The molecule has 8 heteroatoms. The molecule has 0 fully saturated rings. The van der Waals surface area contributed by atoms with Crippen LogP contribution >= 0.6 is 0 Å². The zero-order chi connectivity index (χ0) is 15.2. The lowest BCUT2D eigenvalue weighted by atomic mass is 10.1. The van der Waals surface area contributed by atoms with Gasteiger partial charge in [-0.3, -0.25) is 0 Å². The second-order valence-electron chi connectivity index (χ2n) is 4.94. The number of sulfonamides is 1. The van der Waals surface area contributed by atoms with Gasteiger partial charge in [0.1, 0.15) is 0 Å². The van der Waals surface area contributed by atoms with Gasteiger partial charge in [-0.15, -0.1) is 0 Å². The zero-order valence-electron chi connectivity index (χ0n) is 11.2. The van der Waals surface area contributed by atoms with Crippen molar-refractivity contribution in [3.63, 3.8) is 0 Å². The van der Waals surface area contributed by atoms with Crippen molar-refractivity contribution in [2.24, 2.45) is 7.05 Å². The van der Waals surface area contributed by atoms with Gasteiger partial charge in [-0.1, -0.05) is 6.07 Å². The van der Waals surface area contributed by atoms with E-state index in [4.69, 9.17) is 5.11 Å². The number of imidazole rings is 1. The topological polar surface area (TPSA) is 92.5 Å². The van der Waals surface area contributed by atoms with Crippen LogP contribution in [-0.4, -0.2) is 33.3 Å². The van der Waals surface area contributed by atoms with E-state index in [9.17, 15) is 13.2 Å². The lowest BCUT2D eigenvalue weighted by Crippen LogP contribution is -2.25. The third-order valence-corrected chi connectivity index (χ3v) is 5.11. The third kappa shape index (κ3) is 2.32. The summed E-state index contributed by atoms with van der Waals surface area (Å²) in [4.78, 5) is 14.8. The van der Waals surface area contributed by atoms with Crippen molar-refractivity contribution in [3.05, 3.63) is 47.4 Å². The van der Waals surface area contributed by atoms with Crippen molar-refractivity contribution in [1.82, 2.24) is 13.9 Å². The molecule has 0 unspecified atom stereocenters. The third-order valence-electron chi connectivity index (χ3n) is 3.43. The maximum Gasteiger partial charge on any atom is 0.335 e. The predicted octanol–water partition coefficient (Wildman–Crippen LogP) is 0.823. The van der Waals surface area contributed by atoms with E-state index in [1.807, 2.05) is 0 Å². The minimum atomic E-state index is -3.66. The van der Waals surface area contributed by atoms with Gasteiger partial charge in [0, 0.05) is 26.3 Å². The van der Waals surface area contributed by atoms with E-state index >= 15 is 0 Å². The second-order valence-corrected chi connectivity index (χ2v) is 6.82. The van der Waals surface area contributed by atoms with Gasteiger partial charge in [0.05, 0.1) is 11.9 Å². The highest BCUT2D eigenvalue weighted by Crippen LogP contribution is 2.28. The predicted molar refractivity (Wildman–Crippen MR) is 73.0 cm³/mol. The van der Waals surface area contributed by atoms with Crippen LogP contribution < -0.4 is 0 Å². The first kappa shape index (κ1) is 13.8. The smallest absolute Gasteiger partial charge is 0.335 e. The van der Waals surface area contributed by atoms with Crippen molar-refractivity contribution < 1.29 is 18.3 Å². The van der Waals surface area contributed by atoms with Gasteiger partial charge in [-0.25, -0.2) is 18.2 Å². The number of rotatable bonds is 3. The Bertz CT molecular complexity index is 826. The molecule has 1 aliphatic heterocycles. The SMILES string of the molecule is Cn1cnc(S(=O)(=O)N2Cc3ccc(C(=O)O)cc3C2)c1. The summed E-state index contributed by atoms with van der Waals surface area (Å²) in [5.74, 6) is -1.02. The Kier molecular flexibility index (Phi) is 3.07. The van der Waals surface area contributed by atoms with Crippen molar-refractivity contribution in [3.8, 4) is 0 Å². The lowest BCUT2D eigenvalue weighted by Gasteiger charge is -2.13. The molecule has 21 heavy (non-hydrogen) atoms. The molecule has 0 aliphatic carbocycles. The Balaban J connectivity index is 1.92. The van der Waals surface area contributed by atoms with Gasteiger partial charge in [0.2, 0.25) is 0 Å². The Labute approximate surface area is 121 Å². The molecule has 0 spiro atoms. The standard InChI is InChI=1S/C13H13N3O4S/c1-15-7-12(14-8-15)21(19,20)16-5-10-3-2-9(13(17)18)4-11(10)6-16/h2-4,7-8H,5-6H2,1H3,(H,17,18). The molecule has 7 nitrogen and oxygen atoms in total. The van der Waals surface area contributed by atoms with Crippen molar-refractivity contribution >= 4 is 16.0 Å². The van der Waals surface area contributed by atoms with E-state index in [1.165, 1.54) is 29.0 Å². The summed E-state index contributed by atoms with van der Waals surface area (Å²) >= 11 is 0. The van der Waals surface area contributed by atoms with Crippen molar-refractivity contribution in [2.45, 2.75) is 18.1 Å². The van der Waals surface area contributed by atoms with Crippen LogP contribution in [0.2, 0.25) is 0 Å². The van der Waals surface area contributed by atoms with E-state index in [0.29, 0.717) is 0 Å². The molecule has 0 saturated carbocycles. The van der Waals surface area contributed by atoms with E-state index in [1.54, 1.807) is 17.7 Å². The largest absolute Gasteiger partial charge is 0.478 e. The van der Waals surface area contributed by atoms with E-state index in [-0.39, 0.29) is 23.7 Å². The minimum Gasteiger partial charge on any atom is -0.478 e. The Hall–Kier alpha value is -2.19. The average molecular weight is 307 g/mol. The summed E-state index contributed by atoms with van der Waals surface area (Å²) in [6, 6.07) is 4.66. The highest BCUT2D eigenvalue weighted by Gasteiger charge is 2.32.